The predicted molar refractivity (Wildman–Crippen MR) is 75.4 cm³/mol. The third kappa shape index (κ3) is 2.76. The summed E-state index contributed by atoms with van der Waals surface area (Å²) in [5, 5.41) is 0. The lowest BCUT2D eigenvalue weighted by molar-refractivity contribution is 0.0589. The molecule has 2 rings (SSSR count). The molecule has 0 aromatic carbocycles. The highest BCUT2D eigenvalue weighted by Crippen LogP contribution is 2.31. The van der Waals surface area contributed by atoms with Gasteiger partial charge in [0.1, 0.15) is 5.69 Å². The molecular weight excluding hydrogens is 310 g/mol. The van der Waals surface area contributed by atoms with Crippen LogP contribution in [0.15, 0.2) is 10.5 Å². The number of carbonyl (C=O) groups excluding carboxylic acids is 2. The van der Waals surface area contributed by atoms with Crippen LogP contribution in [-0.2, 0) is 11.8 Å². The first-order valence-electron chi connectivity index (χ1n) is 6.54. The molecule has 0 unspecified atom stereocenters. The summed E-state index contributed by atoms with van der Waals surface area (Å²) in [5.74, 6) is -0.209. The number of ketones is 1. The van der Waals surface area contributed by atoms with Gasteiger partial charge < -0.3 is 9.30 Å². The van der Waals surface area contributed by atoms with Gasteiger partial charge in [0.05, 0.1) is 12.8 Å². The Morgan fingerprint density at radius 2 is 1.95 bits per heavy atom. The van der Waals surface area contributed by atoms with E-state index in [1.807, 2.05) is 0 Å². The van der Waals surface area contributed by atoms with Crippen LogP contribution in [0.25, 0.3) is 0 Å². The van der Waals surface area contributed by atoms with Gasteiger partial charge in [-0.2, -0.15) is 0 Å². The summed E-state index contributed by atoms with van der Waals surface area (Å²) in [5.41, 5.74) is 0.973. The molecule has 0 radical (unpaired) electrons. The van der Waals surface area contributed by atoms with Crippen molar-refractivity contribution in [1.29, 1.82) is 0 Å². The number of nitrogens with zero attached hydrogens (tertiary/aromatic N) is 1. The molecule has 1 heterocycles. The SMILES string of the molecule is COC(=O)c1cc(Br)c(C(=O)C2CCCCC2)n1C. The van der Waals surface area contributed by atoms with E-state index in [4.69, 9.17) is 4.74 Å². The van der Waals surface area contributed by atoms with Crippen molar-refractivity contribution in [2.45, 2.75) is 32.1 Å². The van der Waals surface area contributed by atoms with Gasteiger partial charge in [-0.15, -0.1) is 0 Å². The Kier molecular flexibility index (Phi) is 4.45. The highest BCUT2D eigenvalue weighted by atomic mass is 79.9. The van der Waals surface area contributed by atoms with Crippen LogP contribution in [0.5, 0.6) is 0 Å². The zero-order valence-electron chi connectivity index (χ0n) is 11.2. The summed E-state index contributed by atoms with van der Waals surface area (Å²) in [6.07, 6.45) is 5.34. The number of hydrogen-bond donors (Lipinski definition) is 0. The van der Waals surface area contributed by atoms with E-state index in [0.717, 1.165) is 25.7 Å². The van der Waals surface area contributed by atoms with Gasteiger partial charge in [0, 0.05) is 17.4 Å². The van der Waals surface area contributed by atoms with Gasteiger partial charge >= 0.3 is 5.97 Å². The van der Waals surface area contributed by atoms with E-state index in [0.29, 0.717) is 15.9 Å². The Bertz CT molecular complexity index is 501. The minimum atomic E-state index is -0.425. The highest BCUT2D eigenvalue weighted by molar-refractivity contribution is 9.10. The fraction of sp³-hybridized carbons (Fsp3) is 0.571. The number of methoxy groups -OCH3 is 1. The van der Waals surface area contributed by atoms with Gasteiger partial charge in [-0.05, 0) is 34.8 Å². The fourth-order valence-corrected chi connectivity index (χ4v) is 3.39. The number of carbonyl (C=O) groups is 2. The number of esters is 1. The molecule has 5 heteroatoms. The van der Waals surface area contributed by atoms with Crippen molar-refractivity contribution in [3.05, 3.63) is 21.9 Å². The minimum absolute atomic E-state index is 0.0872. The van der Waals surface area contributed by atoms with Crippen molar-refractivity contribution in [3.8, 4) is 0 Å². The lowest BCUT2D eigenvalue weighted by atomic mass is 9.85. The van der Waals surface area contributed by atoms with Gasteiger partial charge in [0.25, 0.3) is 0 Å². The second-order valence-electron chi connectivity index (χ2n) is 4.98. The zero-order chi connectivity index (χ0) is 14.0. The molecule has 1 fully saturated rings. The zero-order valence-corrected chi connectivity index (χ0v) is 12.8. The molecule has 0 aliphatic heterocycles. The van der Waals surface area contributed by atoms with E-state index in [1.54, 1.807) is 17.7 Å². The Morgan fingerprint density at radius 3 is 2.53 bits per heavy atom. The minimum Gasteiger partial charge on any atom is -0.464 e. The molecule has 0 spiro atoms. The summed E-state index contributed by atoms with van der Waals surface area (Å²) in [6.45, 7) is 0. The maximum absolute atomic E-state index is 12.6. The number of Topliss-reactive ketones (excluding diaryl/α,β-unsaturated/α-hetero) is 1. The largest absolute Gasteiger partial charge is 0.464 e. The number of hydrogen-bond acceptors (Lipinski definition) is 3. The van der Waals surface area contributed by atoms with Crippen LogP contribution in [0.1, 0.15) is 53.1 Å². The number of halogens is 1. The molecule has 0 N–H and O–H groups in total. The van der Waals surface area contributed by atoms with E-state index in [1.165, 1.54) is 13.5 Å². The normalized spacial score (nSPS) is 16.4. The molecule has 1 aromatic heterocycles. The van der Waals surface area contributed by atoms with Gasteiger partial charge in [0.2, 0.25) is 0 Å². The Morgan fingerprint density at radius 1 is 1.32 bits per heavy atom. The van der Waals surface area contributed by atoms with Crippen molar-refractivity contribution in [2.24, 2.45) is 13.0 Å². The Labute approximate surface area is 121 Å². The van der Waals surface area contributed by atoms with Crippen molar-refractivity contribution < 1.29 is 14.3 Å². The topological polar surface area (TPSA) is 48.3 Å². The monoisotopic (exact) mass is 327 g/mol. The van der Waals surface area contributed by atoms with E-state index in [9.17, 15) is 9.59 Å². The van der Waals surface area contributed by atoms with Gasteiger partial charge in [-0.3, -0.25) is 4.79 Å². The third-order valence-electron chi connectivity index (χ3n) is 3.79. The Balaban J connectivity index is 2.31. The summed E-state index contributed by atoms with van der Waals surface area (Å²) >= 11 is 3.38. The second kappa shape index (κ2) is 5.90. The first kappa shape index (κ1) is 14.3. The van der Waals surface area contributed by atoms with Crippen LogP contribution in [0.3, 0.4) is 0 Å². The molecule has 0 bridgehead atoms. The molecule has 0 saturated heterocycles. The molecule has 1 aliphatic rings. The van der Waals surface area contributed by atoms with Crippen molar-refractivity contribution in [3.63, 3.8) is 0 Å². The lowest BCUT2D eigenvalue weighted by Gasteiger charge is -2.20. The van der Waals surface area contributed by atoms with Gasteiger partial charge in [0.15, 0.2) is 5.78 Å². The van der Waals surface area contributed by atoms with E-state index < -0.39 is 5.97 Å². The molecule has 19 heavy (non-hydrogen) atoms. The molecule has 1 aliphatic carbocycles. The Hall–Kier alpha value is -1.10. The van der Waals surface area contributed by atoms with Crippen LogP contribution < -0.4 is 0 Å². The number of rotatable bonds is 3. The second-order valence-corrected chi connectivity index (χ2v) is 5.83. The van der Waals surface area contributed by atoms with Crippen LogP contribution in [-0.4, -0.2) is 23.4 Å². The van der Waals surface area contributed by atoms with Crippen LogP contribution in [0, 0.1) is 5.92 Å². The standard InChI is InChI=1S/C14H18BrNO3/c1-16-11(14(18)19-2)8-10(15)12(16)13(17)9-6-4-3-5-7-9/h8-9H,3-7H2,1-2H3. The summed E-state index contributed by atoms with van der Waals surface area (Å²) in [4.78, 5) is 24.2. The molecule has 4 nitrogen and oxygen atoms in total. The van der Waals surface area contributed by atoms with Crippen molar-refractivity contribution in [2.75, 3.05) is 7.11 Å². The number of aromatic nitrogens is 1. The highest BCUT2D eigenvalue weighted by Gasteiger charge is 2.28. The summed E-state index contributed by atoms with van der Waals surface area (Å²) in [7, 11) is 3.07. The average molecular weight is 328 g/mol. The van der Waals surface area contributed by atoms with Crippen molar-refractivity contribution in [1.82, 2.24) is 4.57 Å². The molecule has 104 valence electrons. The lowest BCUT2D eigenvalue weighted by Crippen LogP contribution is -2.21. The van der Waals surface area contributed by atoms with Gasteiger partial charge in [-0.25, -0.2) is 4.79 Å². The summed E-state index contributed by atoms with van der Waals surface area (Å²) in [6, 6.07) is 1.65. The van der Waals surface area contributed by atoms with Crippen LogP contribution >= 0.6 is 15.9 Å². The van der Waals surface area contributed by atoms with E-state index in [-0.39, 0.29) is 11.7 Å². The molecule has 0 amide bonds. The van der Waals surface area contributed by atoms with Crippen LogP contribution in [0.4, 0.5) is 0 Å². The number of ether oxygens (including phenoxy) is 1. The summed E-state index contributed by atoms with van der Waals surface area (Å²) < 4.78 is 7.02. The quantitative estimate of drug-likeness (QED) is 0.632. The third-order valence-corrected chi connectivity index (χ3v) is 4.39. The van der Waals surface area contributed by atoms with Gasteiger partial charge in [-0.1, -0.05) is 19.3 Å². The average Bonchev–Trinajstić information content (AvgIpc) is 2.73. The maximum atomic E-state index is 12.6. The predicted octanol–water partition coefficient (Wildman–Crippen LogP) is 3.34. The molecular formula is C14H18BrNO3. The van der Waals surface area contributed by atoms with Crippen LogP contribution in [0.2, 0.25) is 0 Å². The van der Waals surface area contributed by atoms with E-state index >= 15 is 0 Å². The maximum Gasteiger partial charge on any atom is 0.354 e. The smallest absolute Gasteiger partial charge is 0.354 e. The molecule has 1 aromatic rings. The molecule has 0 atom stereocenters. The van der Waals surface area contributed by atoms with E-state index in [2.05, 4.69) is 15.9 Å². The molecule has 1 saturated carbocycles. The fourth-order valence-electron chi connectivity index (χ4n) is 2.71. The first-order chi connectivity index (χ1) is 9.06. The first-order valence-corrected chi connectivity index (χ1v) is 7.33. The van der Waals surface area contributed by atoms with Crippen molar-refractivity contribution >= 4 is 27.7 Å².